The summed E-state index contributed by atoms with van der Waals surface area (Å²) in [5, 5.41) is 11.2. The van der Waals surface area contributed by atoms with Gasteiger partial charge in [0.15, 0.2) is 0 Å². The molecule has 0 saturated carbocycles. The van der Waals surface area contributed by atoms with E-state index in [1.54, 1.807) is 17.4 Å². The number of thiophene rings is 1. The van der Waals surface area contributed by atoms with E-state index in [2.05, 4.69) is 32.3 Å². The molecule has 104 valence electrons. The molecule has 0 amide bonds. The molecule has 0 spiro atoms. The highest BCUT2D eigenvalue weighted by molar-refractivity contribution is 9.11. The van der Waals surface area contributed by atoms with Crippen molar-refractivity contribution in [2.24, 2.45) is 0 Å². The molecule has 20 heavy (non-hydrogen) atoms. The summed E-state index contributed by atoms with van der Waals surface area (Å²) in [4.78, 5) is 13.4. The van der Waals surface area contributed by atoms with Gasteiger partial charge < -0.3 is 5.11 Å². The lowest BCUT2D eigenvalue weighted by Gasteiger charge is -2.28. The third-order valence-electron chi connectivity index (χ3n) is 3.57. The van der Waals surface area contributed by atoms with E-state index in [0.29, 0.717) is 5.56 Å². The van der Waals surface area contributed by atoms with E-state index in [-0.39, 0.29) is 0 Å². The van der Waals surface area contributed by atoms with Gasteiger partial charge >= 0.3 is 5.97 Å². The Morgan fingerprint density at radius 1 is 1.35 bits per heavy atom. The Kier molecular flexibility index (Phi) is 3.92. The number of carboxylic acids is 1. The van der Waals surface area contributed by atoms with Crippen LogP contribution in [-0.4, -0.2) is 22.5 Å². The first kappa shape index (κ1) is 13.8. The lowest BCUT2D eigenvalue weighted by Crippen LogP contribution is -2.30. The molecule has 3 nitrogen and oxygen atoms in total. The van der Waals surface area contributed by atoms with Crippen molar-refractivity contribution in [1.29, 1.82) is 0 Å². The summed E-state index contributed by atoms with van der Waals surface area (Å²) in [5.41, 5.74) is 4.10. The summed E-state index contributed by atoms with van der Waals surface area (Å²) in [6, 6.07) is 7.62. The second-order valence-electron chi connectivity index (χ2n) is 5.01. The molecule has 0 unspecified atom stereocenters. The number of carbonyl (C=O) groups is 1. The fraction of sp³-hybridized carbons (Fsp3) is 0.267. The van der Waals surface area contributed by atoms with Gasteiger partial charge in [0.05, 0.1) is 9.35 Å². The van der Waals surface area contributed by atoms with Gasteiger partial charge in [-0.1, -0.05) is 6.07 Å². The summed E-state index contributed by atoms with van der Waals surface area (Å²) in [7, 11) is 0. The van der Waals surface area contributed by atoms with Crippen LogP contribution in [0, 0.1) is 0 Å². The van der Waals surface area contributed by atoms with E-state index < -0.39 is 5.97 Å². The van der Waals surface area contributed by atoms with Gasteiger partial charge in [0.25, 0.3) is 0 Å². The van der Waals surface area contributed by atoms with Crippen molar-refractivity contribution in [2.45, 2.75) is 19.5 Å². The molecular weight excluding hydrogens is 338 g/mol. The van der Waals surface area contributed by atoms with E-state index in [0.717, 1.165) is 35.4 Å². The molecule has 0 radical (unpaired) electrons. The summed E-state index contributed by atoms with van der Waals surface area (Å²) >= 11 is 5.18. The van der Waals surface area contributed by atoms with E-state index in [1.165, 1.54) is 11.1 Å². The predicted molar refractivity (Wildman–Crippen MR) is 83.2 cm³/mol. The summed E-state index contributed by atoms with van der Waals surface area (Å²) < 4.78 is 1.15. The quantitative estimate of drug-likeness (QED) is 0.914. The average molecular weight is 352 g/mol. The molecule has 3 rings (SSSR count). The van der Waals surface area contributed by atoms with Crippen LogP contribution < -0.4 is 0 Å². The molecule has 0 saturated heterocycles. The highest BCUT2D eigenvalue weighted by Crippen LogP contribution is 2.25. The molecule has 0 atom stereocenters. The molecule has 2 heterocycles. The average Bonchev–Trinajstić information content (AvgIpc) is 2.83. The number of halogens is 1. The number of benzene rings is 1. The van der Waals surface area contributed by atoms with Gasteiger partial charge in [0.2, 0.25) is 0 Å². The minimum Gasteiger partial charge on any atom is -0.478 e. The van der Waals surface area contributed by atoms with Crippen molar-refractivity contribution < 1.29 is 9.90 Å². The van der Waals surface area contributed by atoms with Crippen LogP contribution in [0.15, 0.2) is 33.4 Å². The molecule has 1 aliphatic heterocycles. The number of aromatic carboxylic acids is 1. The molecule has 2 aromatic rings. The molecule has 0 aliphatic carbocycles. The molecule has 0 fully saturated rings. The Morgan fingerprint density at radius 2 is 2.20 bits per heavy atom. The number of hydrogen-bond acceptors (Lipinski definition) is 3. The Hall–Kier alpha value is -1.17. The number of nitrogens with zero attached hydrogens (tertiary/aromatic N) is 1. The zero-order valence-electron chi connectivity index (χ0n) is 10.8. The van der Waals surface area contributed by atoms with E-state index in [4.69, 9.17) is 5.11 Å². The van der Waals surface area contributed by atoms with Crippen LogP contribution in [0.3, 0.4) is 0 Å². The summed E-state index contributed by atoms with van der Waals surface area (Å²) in [5.74, 6) is -0.855. The number of hydrogen-bond donors (Lipinski definition) is 1. The minimum absolute atomic E-state index is 0.379. The van der Waals surface area contributed by atoms with Crippen molar-refractivity contribution in [3.63, 3.8) is 0 Å². The van der Waals surface area contributed by atoms with E-state index in [1.807, 2.05) is 12.1 Å². The number of carboxylic acid groups (broad SMARTS) is 1. The van der Waals surface area contributed by atoms with Crippen molar-refractivity contribution in [3.05, 3.63) is 55.7 Å². The maximum Gasteiger partial charge on any atom is 0.335 e. The molecule has 1 N–H and O–H groups in total. The molecule has 1 aliphatic rings. The molecule has 0 bridgehead atoms. The number of fused-ring (bicyclic) bond motifs is 1. The highest BCUT2D eigenvalue weighted by atomic mass is 79.9. The van der Waals surface area contributed by atoms with E-state index >= 15 is 0 Å². The zero-order valence-corrected chi connectivity index (χ0v) is 13.2. The zero-order chi connectivity index (χ0) is 14.1. The highest BCUT2D eigenvalue weighted by Gasteiger charge is 2.18. The smallest absolute Gasteiger partial charge is 0.335 e. The Balaban J connectivity index is 1.76. The van der Waals surface area contributed by atoms with Gasteiger partial charge in [0.1, 0.15) is 0 Å². The third-order valence-corrected chi connectivity index (χ3v) is 5.13. The van der Waals surface area contributed by atoms with Gasteiger partial charge in [0, 0.05) is 19.6 Å². The second-order valence-corrected chi connectivity index (χ2v) is 7.30. The van der Waals surface area contributed by atoms with Gasteiger partial charge in [-0.15, -0.1) is 11.3 Å². The summed E-state index contributed by atoms with van der Waals surface area (Å²) in [6.45, 7) is 2.76. The van der Waals surface area contributed by atoms with Crippen LogP contribution in [-0.2, 0) is 19.5 Å². The fourth-order valence-electron chi connectivity index (χ4n) is 2.57. The third kappa shape index (κ3) is 2.95. The normalized spacial score (nSPS) is 15.1. The summed E-state index contributed by atoms with van der Waals surface area (Å²) in [6.07, 6.45) is 0.987. The predicted octanol–water partition coefficient (Wildman–Crippen LogP) is 3.77. The molecular formula is C15H14BrNO2S. The maximum atomic E-state index is 11.0. The fourth-order valence-corrected chi connectivity index (χ4v) is 3.77. The lowest BCUT2D eigenvalue weighted by molar-refractivity contribution is 0.0696. The van der Waals surface area contributed by atoms with Crippen LogP contribution in [0.1, 0.15) is 27.0 Å². The van der Waals surface area contributed by atoms with Gasteiger partial charge in [-0.3, -0.25) is 4.90 Å². The first-order valence-corrected chi connectivity index (χ1v) is 8.09. The largest absolute Gasteiger partial charge is 0.478 e. The van der Waals surface area contributed by atoms with Crippen LogP contribution in [0.5, 0.6) is 0 Å². The van der Waals surface area contributed by atoms with Gasteiger partial charge in [-0.2, -0.15) is 0 Å². The van der Waals surface area contributed by atoms with Crippen LogP contribution in [0.4, 0.5) is 0 Å². The topological polar surface area (TPSA) is 40.5 Å². The molecule has 1 aromatic carbocycles. The number of rotatable bonds is 3. The van der Waals surface area contributed by atoms with Crippen molar-refractivity contribution >= 4 is 33.2 Å². The molecule has 1 aromatic heterocycles. The van der Waals surface area contributed by atoms with Crippen LogP contribution in [0.25, 0.3) is 0 Å². The van der Waals surface area contributed by atoms with Gasteiger partial charge in [-0.05, 0) is 62.6 Å². The van der Waals surface area contributed by atoms with Gasteiger partial charge in [-0.25, -0.2) is 4.79 Å². The van der Waals surface area contributed by atoms with Crippen molar-refractivity contribution in [1.82, 2.24) is 4.90 Å². The lowest BCUT2D eigenvalue weighted by atomic mass is 9.97. The first-order chi connectivity index (χ1) is 9.61. The second kappa shape index (κ2) is 5.68. The van der Waals surface area contributed by atoms with Crippen LogP contribution in [0.2, 0.25) is 0 Å². The Labute approximate surface area is 130 Å². The van der Waals surface area contributed by atoms with Crippen molar-refractivity contribution in [3.8, 4) is 0 Å². The Morgan fingerprint density at radius 3 is 2.90 bits per heavy atom. The first-order valence-electron chi connectivity index (χ1n) is 6.42. The monoisotopic (exact) mass is 351 g/mol. The van der Waals surface area contributed by atoms with Crippen molar-refractivity contribution in [2.75, 3.05) is 6.54 Å². The Bertz CT molecular complexity index is 653. The standard InChI is InChI=1S/C15H14BrNO2S/c16-14-5-10(9-20-14)7-17-4-3-11-1-2-12(15(18)19)6-13(11)8-17/h1-2,5-6,9H,3-4,7-8H2,(H,18,19). The maximum absolute atomic E-state index is 11.0. The minimum atomic E-state index is -0.855. The van der Waals surface area contributed by atoms with E-state index in [9.17, 15) is 4.79 Å². The molecule has 5 heteroatoms. The van der Waals surface area contributed by atoms with Crippen LogP contribution >= 0.6 is 27.3 Å². The SMILES string of the molecule is O=C(O)c1ccc2c(c1)CN(Cc1csc(Br)c1)CC2.